The zero-order valence-corrected chi connectivity index (χ0v) is 19.8. The fraction of sp³-hybridized carbons (Fsp3) is 0.381. The van der Waals surface area contributed by atoms with Crippen molar-refractivity contribution in [3.05, 3.63) is 41.7 Å². The number of methoxy groups -OCH3 is 1. The maximum Gasteiger partial charge on any atom is 0.313 e. The average molecular weight is 493 g/mol. The van der Waals surface area contributed by atoms with Crippen LogP contribution in [0.25, 0.3) is 0 Å². The van der Waals surface area contributed by atoms with Gasteiger partial charge >= 0.3 is 11.8 Å². The predicted octanol–water partition coefficient (Wildman–Crippen LogP) is 1.14. The van der Waals surface area contributed by atoms with E-state index in [1.165, 1.54) is 36.5 Å². The molecule has 2 aromatic rings. The summed E-state index contributed by atoms with van der Waals surface area (Å²) in [6, 6.07) is 4.05. The van der Waals surface area contributed by atoms with Crippen molar-refractivity contribution in [2.75, 3.05) is 29.9 Å². The number of primary amides is 1. The second-order valence-electron chi connectivity index (χ2n) is 8.11. The molecule has 1 aliphatic heterocycles. The molecule has 0 spiro atoms. The average Bonchev–Trinajstić information content (AvgIpc) is 2.78. The molecular formula is C21H28N6O6S. The van der Waals surface area contributed by atoms with Gasteiger partial charge in [-0.25, -0.2) is 18.4 Å². The smallest absolute Gasteiger partial charge is 0.313 e. The predicted molar refractivity (Wildman–Crippen MR) is 126 cm³/mol. The van der Waals surface area contributed by atoms with Crippen LogP contribution in [0, 0.1) is 5.92 Å². The lowest BCUT2D eigenvalue weighted by molar-refractivity contribution is -0.146. The molecule has 0 saturated carbocycles. The van der Waals surface area contributed by atoms with E-state index in [-0.39, 0.29) is 30.3 Å². The minimum atomic E-state index is -3.47. The van der Waals surface area contributed by atoms with Gasteiger partial charge in [-0.3, -0.25) is 19.1 Å². The van der Waals surface area contributed by atoms with E-state index in [4.69, 9.17) is 10.5 Å². The van der Waals surface area contributed by atoms with E-state index in [0.717, 1.165) is 12.7 Å². The molecule has 3 heterocycles. The molecule has 0 radical (unpaired) electrons. The Bertz CT molecular complexity index is 1210. The van der Waals surface area contributed by atoms with Gasteiger partial charge in [0, 0.05) is 14.2 Å². The topological polar surface area (TPSA) is 174 Å². The van der Waals surface area contributed by atoms with Crippen LogP contribution in [0.1, 0.15) is 43.2 Å². The minimum absolute atomic E-state index is 0. The van der Waals surface area contributed by atoms with E-state index in [2.05, 4.69) is 20.0 Å². The van der Waals surface area contributed by atoms with E-state index < -0.39 is 33.8 Å². The highest BCUT2D eigenvalue weighted by molar-refractivity contribution is 7.92. The number of likely N-dealkylation sites (tertiary alicyclic amines) is 1. The number of sulfonamides is 1. The molecule has 12 nitrogen and oxygen atoms in total. The molecule has 184 valence electrons. The molecule has 4 N–H and O–H groups in total. The van der Waals surface area contributed by atoms with Crippen molar-refractivity contribution in [3.8, 4) is 5.88 Å². The number of hydrogen-bond acceptors (Lipinski definition) is 8. The molecular weight excluding hydrogens is 464 g/mol. The van der Waals surface area contributed by atoms with E-state index in [1.54, 1.807) is 6.07 Å². The number of ether oxygens (including phenoxy) is 1. The molecule has 3 amide bonds. The van der Waals surface area contributed by atoms with Crippen LogP contribution in [-0.2, 0) is 19.6 Å². The number of hydrogen-bond donors (Lipinski definition) is 3. The number of carbonyl (C=O) groups excluding carboxylic acids is 3. The Hall–Kier alpha value is -3.74. The SMILES string of the molecule is COc1ncc(NC(=O)C(=O)N2C[C@H](C)CC[C@H]2c2ccc(NS(C)(=O)=O)nc2)cc1C(N)=O.[HH]. The van der Waals surface area contributed by atoms with Crippen molar-refractivity contribution in [1.29, 1.82) is 0 Å². The highest BCUT2D eigenvalue weighted by atomic mass is 32.2. The summed E-state index contributed by atoms with van der Waals surface area (Å²) in [6.07, 6.45) is 5.21. The lowest BCUT2D eigenvalue weighted by atomic mass is 9.90. The van der Waals surface area contributed by atoms with Gasteiger partial charge in [-0.2, -0.15) is 0 Å². The van der Waals surface area contributed by atoms with Crippen LogP contribution < -0.4 is 20.5 Å². The Labute approximate surface area is 198 Å². The number of aromatic nitrogens is 2. The van der Waals surface area contributed by atoms with Crippen LogP contribution in [0.3, 0.4) is 0 Å². The van der Waals surface area contributed by atoms with Crippen LogP contribution >= 0.6 is 0 Å². The van der Waals surface area contributed by atoms with Gasteiger partial charge in [0.1, 0.15) is 11.4 Å². The first-order valence-corrected chi connectivity index (χ1v) is 12.3. The van der Waals surface area contributed by atoms with E-state index >= 15 is 0 Å². The van der Waals surface area contributed by atoms with Crippen LogP contribution in [-0.4, -0.2) is 60.9 Å². The zero-order chi connectivity index (χ0) is 25.0. The van der Waals surface area contributed by atoms with Gasteiger partial charge in [-0.1, -0.05) is 13.0 Å². The second kappa shape index (κ2) is 10.0. The van der Waals surface area contributed by atoms with Gasteiger partial charge in [-0.05, 0) is 36.5 Å². The van der Waals surface area contributed by atoms with Gasteiger partial charge in [0.2, 0.25) is 15.9 Å². The Morgan fingerprint density at radius 2 is 1.94 bits per heavy atom. The molecule has 34 heavy (non-hydrogen) atoms. The van der Waals surface area contributed by atoms with E-state index in [0.29, 0.717) is 18.5 Å². The molecule has 0 bridgehead atoms. The third-order valence-corrected chi connectivity index (χ3v) is 5.88. The van der Waals surface area contributed by atoms with Crippen LogP contribution in [0.15, 0.2) is 30.6 Å². The summed E-state index contributed by atoms with van der Waals surface area (Å²) in [5.74, 6) is -2.11. The van der Waals surface area contributed by atoms with Crippen LogP contribution in [0.4, 0.5) is 11.5 Å². The van der Waals surface area contributed by atoms with Crippen molar-refractivity contribution in [2.45, 2.75) is 25.8 Å². The summed E-state index contributed by atoms with van der Waals surface area (Å²) in [5.41, 5.74) is 6.08. The number of nitrogens with zero attached hydrogens (tertiary/aromatic N) is 3. The standard InChI is InChI=1S/C21H26N6O6S.H2/c1-12-4-6-16(13-5-7-17(23-9-13)26-34(3,31)32)27(11-12)21(30)19(29)25-14-8-15(18(22)28)20(33-2)24-10-14;/h5,7-10,12,16H,4,6,11H2,1-3H3,(H2,22,28)(H,23,26)(H,25,29);1H/t12-,16+;/m1./s1. The summed E-state index contributed by atoms with van der Waals surface area (Å²) in [5, 5.41) is 2.46. The number of piperidine rings is 1. The zero-order valence-electron chi connectivity index (χ0n) is 18.9. The van der Waals surface area contributed by atoms with Gasteiger partial charge in [0.15, 0.2) is 0 Å². The first-order chi connectivity index (χ1) is 16.0. The molecule has 2 atom stereocenters. The lowest BCUT2D eigenvalue weighted by Crippen LogP contribution is -2.46. The molecule has 0 aliphatic carbocycles. The summed E-state index contributed by atoms with van der Waals surface area (Å²) in [6.45, 7) is 2.34. The molecule has 1 saturated heterocycles. The third kappa shape index (κ3) is 5.98. The first kappa shape index (κ1) is 24.9. The number of nitrogens with one attached hydrogen (secondary N) is 2. The quantitative estimate of drug-likeness (QED) is 0.503. The second-order valence-corrected chi connectivity index (χ2v) is 9.85. The highest BCUT2D eigenvalue weighted by Gasteiger charge is 2.34. The monoisotopic (exact) mass is 492 g/mol. The maximum absolute atomic E-state index is 13.1. The molecule has 1 fully saturated rings. The number of anilines is 2. The fourth-order valence-electron chi connectivity index (χ4n) is 3.75. The van der Waals surface area contributed by atoms with Crippen molar-refractivity contribution >= 4 is 39.3 Å². The van der Waals surface area contributed by atoms with Crippen molar-refractivity contribution in [2.24, 2.45) is 11.7 Å². The lowest BCUT2D eigenvalue weighted by Gasteiger charge is -2.38. The Kier molecular flexibility index (Phi) is 7.35. The molecule has 0 unspecified atom stereocenters. The van der Waals surface area contributed by atoms with Gasteiger partial charge < -0.3 is 20.7 Å². The number of amides is 3. The Morgan fingerprint density at radius 3 is 2.53 bits per heavy atom. The van der Waals surface area contributed by atoms with Gasteiger partial charge in [-0.15, -0.1) is 0 Å². The van der Waals surface area contributed by atoms with Gasteiger partial charge in [0.05, 0.1) is 31.3 Å². The number of carbonyl (C=O) groups is 3. The summed E-state index contributed by atoms with van der Waals surface area (Å²) in [7, 11) is -2.15. The molecule has 2 aromatic heterocycles. The number of nitrogens with two attached hydrogens (primary N) is 1. The Balaban J connectivity index is 0.00000432. The highest BCUT2D eigenvalue weighted by Crippen LogP contribution is 2.33. The first-order valence-electron chi connectivity index (χ1n) is 10.4. The minimum Gasteiger partial charge on any atom is -0.480 e. The normalized spacial score (nSPS) is 18.1. The summed E-state index contributed by atoms with van der Waals surface area (Å²) < 4.78 is 30.1. The molecule has 1 aliphatic rings. The molecule has 0 aromatic carbocycles. The largest absolute Gasteiger partial charge is 0.480 e. The Morgan fingerprint density at radius 1 is 1.21 bits per heavy atom. The van der Waals surface area contributed by atoms with Crippen molar-refractivity contribution in [1.82, 2.24) is 14.9 Å². The fourth-order valence-corrected chi connectivity index (χ4v) is 4.25. The molecule has 13 heteroatoms. The number of rotatable bonds is 6. The number of pyridine rings is 2. The van der Waals surface area contributed by atoms with Crippen molar-refractivity contribution < 1.29 is 29.0 Å². The van der Waals surface area contributed by atoms with Crippen LogP contribution in [0.2, 0.25) is 0 Å². The van der Waals surface area contributed by atoms with E-state index in [1.807, 2.05) is 6.92 Å². The molecule has 3 rings (SSSR count). The van der Waals surface area contributed by atoms with Crippen molar-refractivity contribution in [3.63, 3.8) is 0 Å². The summed E-state index contributed by atoms with van der Waals surface area (Å²) in [4.78, 5) is 47.0. The summed E-state index contributed by atoms with van der Waals surface area (Å²) >= 11 is 0. The maximum atomic E-state index is 13.1. The van der Waals surface area contributed by atoms with Gasteiger partial charge in [0.25, 0.3) is 5.91 Å². The third-order valence-electron chi connectivity index (χ3n) is 5.30. The van der Waals surface area contributed by atoms with Crippen LogP contribution in [0.5, 0.6) is 5.88 Å². The van der Waals surface area contributed by atoms with E-state index in [9.17, 15) is 22.8 Å².